The molecule has 2 rings (SSSR count). The number of nitrogens with two attached hydrogens (primary N) is 1. The third-order valence-electron chi connectivity index (χ3n) is 3.11. The molecule has 0 saturated carbocycles. The lowest BCUT2D eigenvalue weighted by Crippen LogP contribution is -2.45. The smallest absolute Gasteiger partial charge is 0.120 e. The summed E-state index contributed by atoms with van der Waals surface area (Å²) in [5, 5.41) is 9.81. The molecule has 0 spiro atoms. The Morgan fingerprint density at radius 1 is 1.53 bits per heavy atom. The maximum atomic E-state index is 9.81. The topological polar surface area (TPSA) is 58.7 Å². The van der Waals surface area contributed by atoms with Crippen molar-refractivity contribution in [2.45, 2.75) is 19.6 Å². The van der Waals surface area contributed by atoms with Gasteiger partial charge in [0.05, 0.1) is 12.7 Å². The maximum Gasteiger partial charge on any atom is 0.120 e. The van der Waals surface area contributed by atoms with Crippen molar-refractivity contribution in [1.82, 2.24) is 4.90 Å². The van der Waals surface area contributed by atoms with Gasteiger partial charge in [-0.05, 0) is 13.0 Å². The summed E-state index contributed by atoms with van der Waals surface area (Å²) in [6.45, 7) is 5.79. The molecule has 0 bridgehead atoms. The highest BCUT2D eigenvalue weighted by molar-refractivity contribution is 5.35. The molecule has 1 aromatic carbocycles. The van der Waals surface area contributed by atoms with E-state index in [1.165, 1.54) is 5.56 Å². The Kier molecular flexibility index (Phi) is 3.99. The van der Waals surface area contributed by atoms with Gasteiger partial charge in [0.15, 0.2) is 0 Å². The minimum atomic E-state index is 0.121. The van der Waals surface area contributed by atoms with E-state index in [-0.39, 0.29) is 6.10 Å². The average Bonchev–Trinajstić information content (AvgIpc) is 2.34. The van der Waals surface area contributed by atoms with Gasteiger partial charge in [-0.3, -0.25) is 4.90 Å². The molecule has 1 aliphatic rings. The number of rotatable bonds is 3. The molecule has 1 saturated heterocycles. The van der Waals surface area contributed by atoms with Gasteiger partial charge in [0.1, 0.15) is 5.75 Å². The van der Waals surface area contributed by atoms with Gasteiger partial charge in [0, 0.05) is 31.7 Å². The van der Waals surface area contributed by atoms with E-state index in [9.17, 15) is 5.11 Å². The lowest BCUT2D eigenvalue weighted by Gasteiger charge is -2.32. The van der Waals surface area contributed by atoms with Crippen LogP contribution < -0.4 is 5.73 Å². The van der Waals surface area contributed by atoms with Gasteiger partial charge in [0.25, 0.3) is 0 Å². The van der Waals surface area contributed by atoms with Gasteiger partial charge in [-0.25, -0.2) is 0 Å². The molecule has 17 heavy (non-hydrogen) atoms. The van der Waals surface area contributed by atoms with Crippen molar-refractivity contribution in [1.29, 1.82) is 0 Å². The van der Waals surface area contributed by atoms with Crippen LogP contribution in [0, 0.1) is 6.92 Å². The number of hydrogen-bond donors (Lipinski definition) is 2. The lowest BCUT2D eigenvalue weighted by atomic mass is 10.1. The van der Waals surface area contributed by atoms with E-state index in [0.29, 0.717) is 18.9 Å². The van der Waals surface area contributed by atoms with Crippen LogP contribution in [0.15, 0.2) is 18.2 Å². The Labute approximate surface area is 102 Å². The molecule has 1 atom stereocenters. The number of aromatic hydroxyl groups is 1. The zero-order valence-corrected chi connectivity index (χ0v) is 10.2. The average molecular weight is 236 g/mol. The quantitative estimate of drug-likeness (QED) is 0.817. The van der Waals surface area contributed by atoms with E-state index >= 15 is 0 Å². The lowest BCUT2D eigenvalue weighted by molar-refractivity contribution is -0.0262. The standard InChI is InChI=1S/C13H20N2O2/c1-10-2-3-13(16)11(6-10)8-15-4-5-17-12(7-14)9-15/h2-3,6,12,16H,4-5,7-9,14H2,1H3. The van der Waals surface area contributed by atoms with Crippen LogP contribution in [-0.4, -0.2) is 42.4 Å². The van der Waals surface area contributed by atoms with Crippen LogP contribution in [0.4, 0.5) is 0 Å². The second-order valence-electron chi connectivity index (χ2n) is 4.60. The van der Waals surface area contributed by atoms with Crippen LogP contribution in [0.2, 0.25) is 0 Å². The van der Waals surface area contributed by atoms with Crippen molar-refractivity contribution < 1.29 is 9.84 Å². The molecular weight excluding hydrogens is 216 g/mol. The van der Waals surface area contributed by atoms with Gasteiger partial charge in [-0.1, -0.05) is 17.7 Å². The van der Waals surface area contributed by atoms with Gasteiger partial charge in [-0.2, -0.15) is 0 Å². The van der Waals surface area contributed by atoms with Crippen LogP contribution in [0.3, 0.4) is 0 Å². The Morgan fingerprint density at radius 3 is 3.12 bits per heavy atom. The van der Waals surface area contributed by atoms with E-state index < -0.39 is 0 Å². The van der Waals surface area contributed by atoms with E-state index in [1.807, 2.05) is 19.1 Å². The normalized spacial score (nSPS) is 21.6. The second kappa shape index (κ2) is 5.49. The molecule has 0 amide bonds. The van der Waals surface area contributed by atoms with Crippen molar-refractivity contribution in [2.24, 2.45) is 5.73 Å². The predicted molar refractivity (Wildman–Crippen MR) is 66.9 cm³/mol. The van der Waals surface area contributed by atoms with Crippen molar-refractivity contribution >= 4 is 0 Å². The summed E-state index contributed by atoms with van der Waals surface area (Å²) >= 11 is 0. The van der Waals surface area contributed by atoms with Crippen molar-refractivity contribution in [3.8, 4) is 5.75 Å². The number of phenolic OH excluding ortho intramolecular Hbond substituents is 1. The first-order chi connectivity index (χ1) is 8.19. The van der Waals surface area contributed by atoms with Crippen molar-refractivity contribution in [3.05, 3.63) is 29.3 Å². The highest BCUT2D eigenvalue weighted by Gasteiger charge is 2.19. The van der Waals surface area contributed by atoms with E-state index in [0.717, 1.165) is 25.2 Å². The molecule has 0 aliphatic carbocycles. The maximum absolute atomic E-state index is 9.81. The van der Waals surface area contributed by atoms with Crippen molar-refractivity contribution in [2.75, 3.05) is 26.2 Å². The van der Waals surface area contributed by atoms with Gasteiger partial charge >= 0.3 is 0 Å². The number of morpholine rings is 1. The first-order valence-corrected chi connectivity index (χ1v) is 6.01. The predicted octanol–water partition coefficient (Wildman–Crippen LogP) is 0.860. The molecule has 4 heteroatoms. The fraction of sp³-hybridized carbons (Fsp3) is 0.538. The molecule has 1 fully saturated rings. The molecule has 1 aliphatic heterocycles. The minimum absolute atomic E-state index is 0.121. The summed E-state index contributed by atoms with van der Waals surface area (Å²) in [5.74, 6) is 0.367. The fourth-order valence-corrected chi connectivity index (χ4v) is 2.15. The monoisotopic (exact) mass is 236 g/mol. The summed E-state index contributed by atoms with van der Waals surface area (Å²) in [6, 6.07) is 5.70. The molecule has 1 aromatic rings. The largest absolute Gasteiger partial charge is 0.508 e. The van der Waals surface area contributed by atoms with Gasteiger partial charge in [0.2, 0.25) is 0 Å². The zero-order chi connectivity index (χ0) is 12.3. The summed E-state index contributed by atoms with van der Waals surface area (Å²) in [6.07, 6.45) is 0.121. The Hall–Kier alpha value is -1.10. The SMILES string of the molecule is Cc1ccc(O)c(CN2CCOC(CN)C2)c1. The van der Waals surface area contributed by atoms with Crippen LogP contribution >= 0.6 is 0 Å². The van der Waals surface area contributed by atoms with E-state index in [1.54, 1.807) is 6.07 Å². The number of benzene rings is 1. The molecule has 3 N–H and O–H groups in total. The van der Waals surface area contributed by atoms with Crippen molar-refractivity contribution in [3.63, 3.8) is 0 Å². The van der Waals surface area contributed by atoms with E-state index in [2.05, 4.69) is 4.90 Å². The summed E-state index contributed by atoms with van der Waals surface area (Å²) in [4.78, 5) is 2.27. The molecule has 0 radical (unpaired) electrons. The molecule has 1 heterocycles. The third-order valence-corrected chi connectivity index (χ3v) is 3.11. The Bertz CT molecular complexity index is 382. The fourth-order valence-electron chi connectivity index (χ4n) is 2.15. The highest BCUT2D eigenvalue weighted by atomic mass is 16.5. The summed E-state index contributed by atoms with van der Waals surface area (Å²) < 4.78 is 5.52. The molecule has 4 nitrogen and oxygen atoms in total. The molecule has 0 aromatic heterocycles. The Balaban J connectivity index is 2.02. The number of ether oxygens (including phenoxy) is 1. The summed E-state index contributed by atoms with van der Waals surface area (Å²) in [5.41, 5.74) is 7.75. The number of phenols is 1. The van der Waals surface area contributed by atoms with Gasteiger partial charge < -0.3 is 15.6 Å². The minimum Gasteiger partial charge on any atom is -0.508 e. The number of aryl methyl sites for hydroxylation is 1. The zero-order valence-electron chi connectivity index (χ0n) is 10.2. The highest BCUT2D eigenvalue weighted by Crippen LogP contribution is 2.21. The molecule has 1 unspecified atom stereocenters. The molecule has 94 valence electrons. The Morgan fingerprint density at radius 2 is 2.35 bits per heavy atom. The van der Waals surface area contributed by atoms with Crippen LogP contribution in [-0.2, 0) is 11.3 Å². The van der Waals surface area contributed by atoms with Gasteiger partial charge in [-0.15, -0.1) is 0 Å². The third kappa shape index (κ3) is 3.19. The molecular formula is C13H20N2O2. The number of nitrogens with zero attached hydrogens (tertiary/aromatic N) is 1. The van der Waals surface area contributed by atoms with E-state index in [4.69, 9.17) is 10.5 Å². The number of hydrogen-bond acceptors (Lipinski definition) is 4. The first kappa shape index (κ1) is 12.4. The van der Waals surface area contributed by atoms with Crippen LogP contribution in [0.1, 0.15) is 11.1 Å². The van der Waals surface area contributed by atoms with Crippen LogP contribution in [0.25, 0.3) is 0 Å². The van der Waals surface area contributed by atoms with Crippen LogP contribution in [0.5, 0.6) is 5.75 Å². The summed E-state index contributed by atoms with van der Waals surface area (Å²) in [7, 11) is 0. The first-order valence-electron chi connectivity index (χ1n) is 6.01. The second-order valence-corrected chi connectivity index (χ2v) is 4.60.